The normalized spacial score (nSPS) is 31.2. The number of aliphatic hydroxyl groups is 1. The molecule has 1 aromatic rings. The summed E-state index contributed by atoms with van der Waals surface area (Å²) in [4.78, 5) is 0. The standard InChI is InChI=1S/C37H52O6/c1-3-4-12-27(2)34(42-36-15-8-10-19-40-36)18-17-32-33-22-29(31(24-38)26-39-25-28-13-6-5-7-14-28)21-30(33)23-35(32)43-37-16-9-11-20-41-37/h5-7,13-14,17-18,21,27,30-38H,8-12,15-16,19-20,22-26H2,1-2H3/b18-17+/t27?,30-,31?,32+,33-,34+,35+,36?,37?/m0/s1. The lowest BCUT2D eigenvalue weighted by atomic mass is 9.86. The minimum absolute atomic E-state index is 0.0205. The van der Waals surface area contributed by atoms with Crippen molar-refractivity contribution in [1.82, 2.24) is 0 Å². The van der Waals surface area contributed by atoms with Crippen LogP contribution in [0.1, 0.15) is 77.2 Å². The van der Waals surface area contributed by atoms with Crippen LogP contribution in [0.5, 0.6) is 0 Å². The van der Waals surface area contributed by atoms with Gasteiger partial charge in [0, 0.05) is 31.5 Å². The molecule has 0 radical (unpaired) electrons. The highest BCUT2D eigenvalue weighted by molar-refractivity contribution is 5.23. The SMILES string of the molecule is CC#CCC(C)[C@@H](/C=C/[C@@H]1[C@H]2CC(C(CO)COCc3ccccc3)=C[C@H]2C[C@H]1OC1CCCCO1)OC1CCCCO1. The lowest BCUT2D eigenvalue weighted by molar-refractivity contribution is -0.193. The molecule has 5 rings (SSSR count). The fraction of sp³-hybridized carbons (Fsp3) is 0.676. The molecule has 0 amide bonds. The maximum Gasteiger partial charge on any atom is 0.158 e. The van der Waals surface area contributed by atoms with E-state index in [0.717, 1.165) is 76.6 Å². The van der Waals surface area contributed by atoms with E-state index in [-0.39, 0.29) is 49.1 Å². The van der Waals surface area contributed by atoms with Crippen molar-refractivity contribution in [1.29, 1.82) is 0 Å². The molecule has 1 saturated carbocycles. The van der Waals surface area contributed by atoms with E-state index < -0.39 is 0 Å². The van der Waals surface area contributed by atoms with E-state index in [9.17, 15) is 5.11 Å². The second-order valence-electron chi connectivity index (χ2n) is 12.8. The van der Waals surface area contributed by atoms with Crippen molar-refractivity contribution < 1.29 is 28.8 Å². The Balaban J connectivity index is 1.28. The van der Waals surface area contributed by atoms with Crippen molar-refractivity contribution in [3.63, 3.8) is 0 Å². The lowest BCUT2D eigenvalue weighted by Crippen LogP contribution is -2.32. The average molecular weight is 593 g/mol. The number of hydrogen-bond acceptors (Lipinski definition) is 6. The number of hydrogen-bond donors (Lipinski definition) is 1. The Morgan fingerprint density at radius 2 is 1.81 bits per heavy atom. The number of rotatable bonds is 14. The molecule has 0 aromatic heterocycles. The molecule has 6 heteroatoms. The highest BCUT2D eigenvalue weighted by atomic mass is 16.7. The molecule has 1 aromatic carbocycles. The Kier molecular flexibility index (Phi) is 12.8. The number of ether oxygens (including phenoxy) is 5. The van der Waals surface area contributed by atoms with Crippen LogP contribution < -0.4 is 0 Å². The molecular weight excluding hydrogens is 540 g/mol. The molecule has 2 saturated heterocycles. The van der Waals surface area contributed by atoms with Crippen LogP contribution in [0, 0.1) is 41.4 Å². The third-order valence-electron chi connectivity index (χ3n) is 9.65. The molecule has 2 heterocycles. The largest absolute Gasteiger partial charge is 0.396 e. The monoisotopic (exact) mass is 592 g/mol. The molecule has 1 N–H and O–H groups in total. The van der Waals surface area contributed by atoms with Crippen LogP contribution in [0.25, 0.3) is 0 Å². The van der Waals surface area contributed by atoms with Crippen molar-refractivity contribution in [2.45, 2.75) is 103 Å². The first kappa shape index (κ1) is 32.4. The van der Waals surface area contributed by atoms with E-state index in [1.807, 2.05) is 25.1 Å². The highest BCUT2D eigenvalue weighted by Gasteiger charge is 2.46. The fourth-order valence-electron chi connectivity index (χ4n) is 7.13. The topological polar surface area (TPSA) is 66.4 Å². The van der Waals surface area contributed by atoms with Gasteiger partial charge in [0.15, 0.2) is 12.6 Å². The number of fused-ring (bicyclic) bond motifs is 1. The summed E-state index contributed by atoms with van der Waals surface area (Å²) in [7, 11) is 0. The summed E-state index contributed by atoms with van der Waals surface area (Å²) in [5.74, 6) is 7.68. The van der Waals surface area contributed by atoms with Crippen LogP contribution in [-0.2, 0) is 30.3 Å². The summed E-state index contributed by atoms with van der Waals surface area (Å²) in [5.41, 5.74) is 2.48. The average Bonchev–Trinajstić information content (AvgIpc) is 3.59. The molecule has 236 valence electrons. The summed E-state index contributed by atoms with van der Waals surface area (Å²) >= 11 is 0. The molecule has 2 aliphatic heterocycles. The van der Waals surface area contributed by atoms with Gasteiger partial charge in [-0.1, -0.05) is 61.1 Å². The molecule has 2 aliphatic carbocycles. The maximum atomic E-state index is 10.3. The van der Waals surface area contributed by atoms with Gasteiger partial charge >= 0.3 is 0 Å². The predicted molar refractivity (Wildman–Crippen MR) is 168 cm³/mol. The predicted octanol–water partition coefficient (Wildman–Crippen LogP) is 6.82. The second-order valence-corrected chi connectivity index (χ2v) is 12.8. The Bertz CT molecular complexity index is 1080. The minimum Gasteiger partial charge on any atom is -0.396 e. The van der Waals surface area contributed by atoms with Gasteiger partial charge in [-0.05, 0) is 81.6 Å². The summed E-state index contributed by atoms with van der Waals surface area (Å²) in [6.45, 7) is 6.86. The van der Waals surface area contributed by atoms with Crippen molar-refractivity contribution in [2.24, 2.45) is 29.6 Å². The number of allylic oxidation sites excluding steroid dienone is 1. The Morgan fingerprint density at radius 3 is 2.51 bits per heavy atom. The van der Waals surface area contributed by atoms with Gasteiger partial charge in [-0.15, -0.1) is 11.8 Å². The van der Waals surface area contributed by atoms with Crippen molar-refractivity contribution in [3.8, 4) is 11.8 Å². The zero-order valence-electron chi connectivity index (χ0n) is 26.2. The van der Waals surface area contributed by atoms with Crippen LogP contribution >= 0.6 is 0 Å². The summed E-state index contributed by atoms with van der Waals surface area (Å²) in [5, 5.41) is 10.3. The zero-order valence-corrected chi connectivity index (χ0v) is 26.2. The molecule has 0 spiro atoms. The zero-order chi connectivity index (χ0) is 29.9. The van der Waals surface area contributed by atoms with E-state index >= 15 is 0 Å². The van der Waals surface area contributed by atoms with Gasteiger partial charge in [-0.2, -0.15) is 0 Å². The van der Waals surface area contributed by atoms with Crippen molar-refractivity contribution in [3.05, 3.63) is 59.7 Å². The first-order chi connectivity index (χ1) is 21.1. The minimum atomic E-state index is -0.152. The molecule has 3 fully saturated rings. The molecule has 43 heavy (non-hydrogen) atoms. The first-order valence-corrected chi connectivity index (χ1v) is 16.7. The van der Waals surface area contributed by atoms with Gasteiger partial charge in [0.25, 0.3) is 0 Å². The fourth-order valence-corrected chi connectivity index (χ4v) is 7.13. The molecular formula is C37H52O6. The Hall–Kier alpha value is -1.98. The van der Waals surface area contributed by atoms with Crippen molar-refractivity contribution in [2.75, 3.05) is 26.4 Å². The smallest absolute Gasteiger partial charge is 0.158 e. The number of aliphatic hydroxyl groups excluding tert-OH is 1. The van der Waals surface area contributed by atoms with Gasteiger partial charge in [0.2, 0.25) is 0 Å². The third kappa shape index (κ3) is 9.26. The van der Waals surface area contributed by atoms with Gasteiger partial charge < -0.3 is 28.8 Å². The number of benzene rings is 1. The van der Waals surface area contributed by atoms with Gasteiger partial charge in [-0.25, -0.2) is 0 Å². The third-order valence-corrected chi connectivity index (χ3v) is 9.65. The summed E-state index contributed by atoms with van der Waals surface area (Å²) in [6, 6.07) is 10.2. The molecule has 6 nitrogen and oxygen atoms in total. The summed E-state index contributed by atoms with van der Waals surface area (Å²) < 4.78 is 31.3. The van der Waals surface area contributed by atoms with Crippen LogP contribution in [0.4, 0.5) is 0 Å². The maximum absolute atomic E-state index is 10.3. The van der Waals surface area contributed by atoms with Crippen LogP contribution in [-0.4, -0.2) is 56.3 Å². The van der Waals surface area contributed by atoms with E-state index in [1.54, 1.807) is 0 Å². The first-order valence-electron chi connectivity index (χ1n) is 16.7. The summed E-state index contributed by atoms with van der Waals surface area (Å²) in [6.07, 6.45) is 16.0. The van der Waals surface area contributed by atoms with Crippen LogP contribution in [0.2, 0.25) is 0 Å². The Morgan fingerprint density at radius 1 is 1.05 bits per heavy atom. The van der Waals surface area contributed by atoms with Crippen LogP contribution in [0.15, 0.2) is 54.1 Å². The van der Waals surface area contributed by atoms with E-state index in [1.165, 1.54) is 5.57 Å². The van der Waals surface area contributed by atoms with Gasteiger partial charge in [-0.3, -0.25) is 0 Å². The van der Waals surface area contributed by atoms with Crippen LogP contribution in [0.3, 0.4) is 0 Å². The molecule has 0 bridgehead atoms. The highest BCUT2D eigenvalue weighted by Crippen LogP contribution is 2.50. The van der Waals surface area contributed by atoms with Gasteiger partial charge in [0.1, 0.15) is 0 Å². The molecule has 4 unspecified atom stereocenters. The van der Waals surface area contributed by atoms with E-state index in [2.05, 4.69) is 49.1 Å². The molecule has 9 atom stereocenters. The molecule has 4 aliphatic rings. The van der Waals surface area contributed by atoms with E-state index in [0.29, 0.717) is 25.0 Å². The van der Waals surface area contributed by atoms with Crippen molar-refractivity contribution >= 4 is 0 Å². The second kappa shape index (κ2) is 16.9. The lowest BCUT2D eigenvalue weighted by Gasteiger charge is -2.31. The quantitative estimate of drug-likeness (QED) is 0.189. The Labute approximate surface area is 259 Å². The van der Waals surface area contributed by atoms with Gasteiger partial charge in [0.05, 0.1) is 32.0 Å². The van der Waals surface area contributed by atoms with E-state index in [4.69, 9.17) is 23.7 Å².